The van der Waals surface area contributed by atoms with Gasteiger partial charge in [0.1, 0.15) is 45.1 Å². The van der Waals surface area contributed by atoms with Crippen LogP contribution < -0.4 is 14.3 Å². The van der Waals surface area contributed by atoms with Crippen LogP contribution in [0.15, 0.2) is 41.5 Å². The summed E-state index contributed by atoms with van der Waals surface area (Å²) >= 11 is 0. The Morgan fingerprint density at radius 1 is 1.07 bits per heavy atom. The first kappa shape index (κ1) is 31.1. The van der Waals surface area contributed by atoms with Crippen molar-refractivity contribution in [3.63, 3.8) is 0 Å². The van der Waals surface area contributed by atoms with Crippen molar-refractivity contribution in [3.8, 4) is 0 Å². The number of carboxylic acids is 1. The number of hydrogen-bond donors (Lipinski definition) is 3. The van der Waals surface area contributed by atoms with Crippen molar-refractivity contribution < 1.29 is 42.0 Å². The zero-order valence-electron chi connectivity index (χ0n) is 26.6. The highest BCUT2D eigenvalue weighted by Crippen LogP contribution is 2.56. The summed E-state index contributed by atoms with van der Waals surface area (Å²) in [5.41, 5.74) is 8.05. The molecule has 1 amide bonds. The van der Waals surface area contributed by atoms with Gasteiger partial charge in [-0.2, -0.15) is 8.42 Å². The lowest BCUT2D eigenvalue weighted by molar-refractivity contribution is -1.08. The van der Waals surface area contributed by atoms with Crippen LogP contribution in [-0.4, -0.2) is 117 Å². The van der Waals surface area contributed by atoms with Gasteiger partial charge < -0.3 is 24.9 Å². The van der Waals surface area contributed by atoms with Crippen LogP contribution in [0.4, 0.5) is 11.4 Å². The number of anilines is 2. The fourth-order valence-corrected chi connectivity index (χ4v) is 10.7. The van der Waals surface area contributed by atoms with E-state index in [0.717, 1.165) is 77.5 Å². The highest BCUT2D eigenvalue weighted by Gasteiger charge is 2.61. The Hall–Kier alpha value is -3.52. The van der Waals surface area contributed by atoms with Crippen LogP contribution in [0.2, 0.25) is 0 Å². The summed E-state index contributed by atoms with van der Waals surface area (Å²) in [6.45, 7) is 10.4. The minimum Gasteiger partial charge on any atom is -0.478 e. The number of ketones is 1. The molecule has 0 spiro atoms. The first-order chi connectivity index (χ1) is 21.7. The second-order valence-electron chi connectivity index (χ2n) is 14.4. The van der Waals surface area contributed by atoms with Gasteiger partial charge in [0, 0.05) is 30.3 Å². The summed E-state index contributed by atoms with van der Waals surface area (Å²) in [6, 6.07) is 9.65. The van der Waals surface area contributed by atoms with Crippen LogP contribution in [0, 0.1) is 23.7 Å². The first-order valence-corrected chi connectivity index (χ1v) is 17.6. The number of aliphatic hydroxyl groups is 1. The van der Waals surface area contributed by atoms with E-state index in [1.165, 1.54) is 15.7 Å². The summed E-state index contributed by atoms with van der Waals surface area (Å²) in [4.78, 5) is 37.1. The number of Topliss-reactive ketones (excluding diaryl/α,β-unsaturated/α-hetero) is 1. The summed E-state index contributed by atoms with van der Waals surface area (Å²) in [5.74, 6) is -3.99. The standard InChI is InChI=1S/C33H41N5O7S/c1-19-23(30(33(42)43)31-27(19)28(20(2)39)32(31)41)17-36-24-6-4-5-22-15-21(16-25(29(22)24)35(3)46(36,44)45)7-8-37-9-12-38(13-10-37,14-11-37)18-26(34)40/h4-6,15-16,19-20,27-28,31,39H,7-14,17-18H2,1-3H3,(H-2,34,40,42,43)/p+2/t19-,20+,27+,28+,31?,37?,38?/m0/s1. The number of nitrogens with two attached hydrogens (primary N) is 1. The van der Waals surface area contributed by atoms with Gasteiger partial charge in [-0.05, 0) is 47.4 Å². The molecule has 6 aliphatic rings. The number of nitrogens with zero attached hydrogens (tertiary/aromatic N) is 4. The second-order valence-corrected chi connectivity index (χ2v) is 16.2. The number of aliphatic hydroxyl groups excluding tert-OH is 1. The largest absolute Gasteiger partial charge is 0.478 e. The molecule has 2 bridgehead atoms. The van der Waals surface area contributed by atoms with Gasteiger partial charge in [0.25, 0.3) is 5.91 Å². The third-order valence-electron chi connectivity index (χ3n) is 12.0. The molecule has 2 aliphatic carbocycles. The number of hydrogen-bond acceptors (Lipinski definition) is 6. The van der Waals surface area contributed by atoms with E-state index in [2.05, 4.69) is 6.07 Å². The molecule has 3 saturated heterocycles. The van der Waals surface area contributed by atoms with Crippen molar-refractivity contribution >= 4 is 50.0 Å². The van der Waals surface area contributed by atoms with Crippen LogP contribution in [0.5, 0.6) is 0 Å². The monoisotopic (exact) mass is 653 g/mol. The predicted octanol–water partition coefficient (Wildman–Crippen LogP) is 0.872. The number of amides is 1. The van der Waals surface area contributed by atoms with Gasteiger partial charge >= 0.3 is 16.2 Å². The third-order valence-corrected chi connectivity index (χ3v) is 13.8. The Kier molecular flexibility index (Phi) is 7.09. The normalized spacial score (nSPS) is 33.3. The molecule has 4 heterocycles. The molecule has 1 saturated carbocycles. The predicted molar refractivity (Wildman–Crippen MR) is 172 cm³/mol. The lowest BCUT2D eigenvalue weighted by Gasteiger charge is -2.55. The van der Waals surface area contributed by atoms with Crippen molar-refractivity contribution in [2.24, 2.45) is 29.4 Å². The van der Waals surface area contributed by atoms with Gasteiger partial charge in [-0.3, -0.25) is 13.9 Å². The number of benzene rings is 2. The molecular formula is C33H43N5O7S+2. The Morgan fingerprint density at radius 2 is 1.72 bits per heavy atom. The van der Waals surface area contributed by atoms with Gasteiger partial charge in [0.15, 0.2) is 6.54 Å². The molecule has 13 heteroatoms. The molecular weight excluding hydrogens is 610 g/mol. The van der Waals surface area contributed by atoms with E-state index in [4.69, 9.17) is 5.73 Å². The Labute approximate surface area is 269 Å². The topological polar surface area (TPSA) is 158 Å². The van der Waals surface area contributed by atoms with Gasteiger partial charge in [0.05, 0.1) is 36.5 Å². The summed E-state index contributed by atoms with van der Waals surface area (Å²) in [7, 11) is -2.56. The minimum absolute atomic E-state index is 0.0285. The van der Waals surface area contributed by atoms with Crippen LogP contribution in [0.3, 0.4) is 0 Å². The molecule has 246 valence electrons. The van der Waals surface area contributed by atoms with Crippen molar-refractivity contribution in [1.29, 1.82) is 0 Å². The van der Waals surface area contributed by atoms with Crippen LogP contribution >= 0.6 is 0 Å². The average Bonchev–Trinajstić information content (AvgIpc) is 3.25. The van der Waals surface area contributed by atoms with E-state index >= 15 is 0 Å². The molecule has 1 unspecified atom stereocenters. The number of piperazine rings is 3. The number of carbonyl (C=O) groups is 3. The van der Waals surface area contributed by atoms with Gasteiger partial charge in [-0.1, -0.05) is 25.1 Å². The third kappa shape index (κ3) is 4.49. The quantitative estimate of drug-likeness (QED) is 0.339. The Bertz CT molecular complexity index is 1800. The second kappa shape index (κ2) is 10.5. The molecule has 4 N–H and O–H groups in total. The fraction of sp³-hybridized carbons (Fsp3) is 0.545. The molecule has 5 atom stereocenters. The maximum atomic E-state index is 14.2. The maximum absolute atomic E-state index is 14.2. The highest BCUT2D eigenvalue weighted by atomic mass is 32.2. The molecule has 2 aromatic rings. The molecule has 0 aromatic heterocycles. The zero-order chi connectivity index (χ0) is 32.9. The molecule has 46 heavy (non-hydrogen) atoms. The van der Waals surface area contributed by atoms with Crippen molar-refractivity contribution in [1.82, 2.24) is 0 Å². The summed E-state index contributed by atoms with van der Waals surface area (Å²) in [5, 5.41) is 22.1. The van der Waals surface area contributed by atoms with E-state index in [0.29, 0.717) is 23.5 Å². The van der Waals surface area contributed by atoms with E-state index < -0.39 is 34.1 Å². The molecule has 2 aromatic carbocycles. The number of carbonyl (C=O) groups excluding carboxylic acids is 2. The van der Waals surface area contributed by atoms with Gasteiger partial charge in [-0.25, -0.2) is 9.10 Å². The zero-order valence-corrected chi connectivity index (χ0v) is 27.4. The lowest BCUT2D eigenvalue weighted by atomic mass is 9.59. The summed E-state index contributed by atoms with van der Waals surface area (Å²) in [6.07, 6.45) is -0.122. The molecule has 12 nitrogen and oxygen atoms in total. The van der Waals surface area contributed by atoms with E-state index in [1.54, 1.807) is 13.0 Å². The van der Waals surface area contributed by atoms with Crippen LogP contribution in [-0.2, 0) is 31.0 Å². The molecule has 0 radical (unpaired) electrons. The SMILES string of the molecule is C[C@@H](O)[C@H]1C(=O)C2C(C(=O)O)=C(CN3c4cccc5cc(CC[N+]67CC[N+](CC(N)=O)(CC6)CC7)cc(c45)N(C)S3(=O)=O)[C@H](C)[C@@H]21. The van der Waals surface area contributed by atoms with Crippen LogP contribution in [0.1, 0.15) is 19.4 Å². The fourth-order valence-electron chi connectivity index (χ4n) is 9.32. The number of primary amides is 1. The number of aliphatic carboxylic acids is 1. The van der Waals surface area contributed by atoms with Gasteiger partial charge in [-0.15, -0.1) is 0 Å². The number of rotatable bonds is 9. The minimum atomic E-state index is -4.10. The number of quaternary nitrogens is 2. The smallest absolute Gasteiger partial charge is 0.332 e. The first-order valence-electron chi connectivity index (χ1n) is 16.2. The van der Waals surface area contributed by atoms with E-state index in [1.807, 2.05) is 25.1 Å². The molecule has 4 fully saturated rings. The molecule has 4 aliphatic heterocycles. The van der Waals surface area contributed by atoms with Crippen molar-refractivity contribution in [2.75, 3.05) is 74.6 Å². The molecule has 8 rings (SSSR count). The van der Waals surface area contributed by atoms with Crippen molar-refractivity contribution in [3.05, 3.63) is 47.0 Å². The summed E-state index contributed by atoms with van der Waals surface area (Å²) < 4.78 is 32.7. The highest BCUT2D eigenvalue weighted by molar-refractivity contribution is 7.94. The maximum Gasteiger partial charge on any atom is 0.332 e. The lowest BCUT2D eigenvalue weighted by Crippen LogP contribution is -2.76. The Balaban J connectivity index is 1.19. The van der Waals surface area contributed by atoms with E-state index in [9.17, 15) is 33.0 Å². The average molecular weight is 654 g/mol. The van der Waals surface area contributed by atoms with Gasteiger partial charge in [0.2, 0.25) is 0 Å². The Morgan fingerprint density at radius 3 is 2.33 bits per heavy atom. The number of carboxylic acid groups (broad SMARTS) is 1. The van der Waals surface area contributed by atoms with Crippen LogP contribution in [0.25, 0.3) is 10.8 Å². The van der Waals surface area contributed by atoms with E-state index in [-0.39, 0.29) is 35.6 Å². The number of fused-ring (bicyclic) bond motifs is 4. The van der Waals surface area contributed by atoms with Crippen molar-refractivity contribution in [2.45, 2.75) is 26.4 Å².